The summed E-state index contributed by atoms with van der Waals surface area (Å²) in [5.74, 6) is -0.332. The molecule has 0 bridgehead atoms. The average molecular weight is 419 g/mol. The first kappa shape index (κ1) is 19.6. The molecule has 1 aliphatic rings. The number of imidazole rings is 1. The monoisotopic (exact) mass is 419 g/mol. The second-order valence-electron chi connectivity index (χ2n) is 6.63. The summed E-state index contributed by atoms with van der Waals surface area (Å²) in [5.41, 5.74) is 1.76. The molecular weight excluding hydrogens is 403 g/mol. The van der Waals surface area contributed by atoms with Crippen LogP contribution in [0, 0.1) is 0 Å². The number of aromatic nitrogens is 2. The van der Waals surface area contributed by atoms with Crippen LogP contribution in [-0.4, -0.2) is 34.0 Å². The summed E-state index contributed by atoms with van der Waals surface area (Å²) in [6.45, 7) is 0. The Kier molecular flexibility index (Phi) is 4.76. The molecule has 0 spiro atoms. The third kappa shape index (κ3) is 3.76. The fourth-order valence-electron chi connectivity index (χ4n) is 3.41. The molecule has 2 aromatic carbocycles. The molecule has 0 saturated heterocycles. The summed E-state index contributed by atoms with van der Waals surface area (Å²) >= 11 is 0. The van der Waals surface area contributed by atoms with Gasteiger partial charge >= 0.3 is 6.36 Å². The van der Waals surface area contributed by atoms with Crippen molar-refractivity contribution in [1.29, 1.82) is 0 Å². The molecular formula is C20H16F3N3O4. The van der Waals surface area contributed by atoms with Gasteiger partial charge in [-0.1, -0.05) is 6.07 Å². The topological polar surface area (TPSA) is 85.6 Å². The summed E-state index contributed by atoms with van der Waals surface area (Å²) in [5, 5.41) is 12.8. The van der Waals surface area contributed by atoms with E-state index in [-0.39, 0.29) is 23.8 Å². The number of amides is 1. The molecule has 2 heterocycles. The molecule has 1 atom stereocenters. The molecule has 1 aromatic heterocycles. The van der Waals surface area contributed by atoms with Gasteiger partial charge in [0.2, 0.25) is 5.91 Å². The lowest BCUT2D eigenvalue weighted by molar-refractivity contribution is -0.274. The number of methoxy groups -OCH3 is 1. The molecule has 30 heavy (non-hydrogen) atoms. The van der Waals surface area contributed by atoms with Gasteiger partial charge in [-0.3, -0.25) is 9.36 Å². The maximum atomic E-state index is 12.4. The van der Waals surface area contributed by atoms with Gasteiger partial charge < -0.3 is 19.9 Å². The number of carbonyl (C=O) groups is 1. The summed E-state index contributed by atoms with van der Waals surface area (Å²) in [7, 11) is 1.44. The van der Waals surface area contributed by atoms with Crippen molar-refractivity contribution in [1.82, 2.24) is 9.55 Å². The van der Waals surface area contributed by atoms with E-state index in [1.165, 1.54) is 43.8 Å². The fourth-order valence-corrected chi connectivity index (χ4v) is 3.41. The van der Waals surface area contributed by atoms with Gasteiger partial charge in [0.25, 0.3) is 0 Å². The molecule has 0 radical (unpaired) electrons. The van der Waals surface area contributed by atoms with Crippen LogP contribution in [0.1, 0.15) is 23.6 Å². The second kappa shape index (κ2) is 7.29. The fraction of sp³-hybridized carbons (Fsp3) is 0.200. The molecule has 1 unspecified atom stereocenters. The van der Waals surface area contributed by atoms with E-state index in [9.17, 15) is 23.1 Å². The standard InChI is InChI=1S/C20H16F3N3O4/c1-29-16-7-2-11(8-15(16)27)14-9-17(28)25-19-18(14)24-10-26(19)12-3-5-13(6-4-12)30-20(21,22)23/h2-8,10,14,27H,9H2,1H3,(H,25,28). The number of hydrogen-bond acceptors (Lipinski definition) is 5. The maximum Gasteiger partial charge on any atom is 0.573 e. The lowest BCUT2D eigenvalue weighted by Gasteiger charge is -2.23. The molecule has 1 aliphatic heterocycles. The lowest BCUT2D eigenvalue weighted by atomic mass is 9.89. The quantitative estimate of drug-likeness (QED) is 0.669. The number of carbonyl (C=O) groups excluding carboxylic acids is 1. The number of phenols is 1. The Morgan fingerprint density at radius 3 is 2.57 bits per heavy atom. The van der Waals surface area contributed by atoms with E-state index < -0.39 is 12.3 Å². The van der Waals surface area contributed by atoms with E-state index in [2.05, 4.69) is 15.0 Å². The third-order valence-corrected chi connectivity index (χ3v) is 4.73. The summed E-state index contributed by atoms with van der Waals surface area (Å²) in [6.07, 6.45) is -3.17. The van der Waals surface area contributed by atoms with Crippen molar-refractivity contribution in [2.75, 3.05) is 12.4 Å². The van der Waals surface area contributed by atoms with E-state index in [1.54, 1.807) is 16.7 Å². The highest BCUT2D eigenvalue weighted by Gasteiger charge is 2.32. The van der Waals surface area contributed by atoms with Gasteiger partial charge in [-0.25, -0.2) is 4.98 Å². The smallest absolute Gasteiger partial charge is 0.504 e. The molecule has 4 rings (SSSR count). The van der Waals surface area contributed by atoms with Crippen molar-refractivity contribution < 1.29 is 32.5 Å². The Hall–Kier alpha value is -3.69. The van der Waals surface area contributed by atoms with Crippen LogP contribution >= 0.6 is 0 Å². The number of anilines is 1. The van der Waals surface area contributed by atoms with Gasteiger partial charge in [-0.05, 0) is 42.0 Å². The zero-order chi connectivity index (χ0) is 21.5. The molecule has 3 aromatic rings. The summed E-state index contributed by atoms with van der Waals surface area (Å²) in [4.78, 5) is 16.7. The second-order valence-corrected chi connectivity index (χ2v) is 6.63. The number of rotatable bonds is 4. The highest BCUT2D eigenvalue weighted by Crippen LogP contribution is 2.40. The van der Waals surface area contributed by atoms with E-state index in [0.29, 0.717) is 28.5 Å². The van der Waals surface area contributed by atoms with Crippen LogP contribution in [0.3, 0.4) is 0 Å². The SMILES string of the molecule is COc1ccc(C2CC(=O)Nc3c2ncn3-c2ccc(OC(F)(F)F)cc2)cc1O. The van der Waals surface area contributed by atoms with Crippen LogP contribution in [0.25, 0.3) is 5.69 Å². The van der Waals surface area contributed by atoms with E-state index in [4.69, 9.17) is 4.74 Å². The predicted octanol–water partition coefficient (Wildman–Crippen LogP) is 3.96. The van der Waals surface area contributed by atoms with Crippen molar-refractivity contribution >= 4 is 11.7 Å². The van der Waals surface area contributed by atoms with Crippen LogP contribution < -0.4 is 14.8 Å². The van der Waals surface area contributed by atoms with E-state index in [0.717, 1.165) is 0 Å². The normalized spacial score (nSPS) is 16.0. The van der Waals surface area contributed by atoms with Crippen molar-refractivity contribution in [3.8, 4) is 22.9 Å². The lowest BCUT2D eigenvalue weighted by Crippen LogP contribution is -2.24. The van der Waals surface area contributed by atoms with Crippen LogP contribution in [-0.2, 0) is 4.79 Å². The Balaban J connectivity index is 1.68. The first-order chi connectivity index (χ1) is 14.2. The number of benzene rings is 2. The highest BCUT2D eigenvalue weighted by molar-refractivity contribution is 5.94. The minimum atomic E-state index is -4.78. The molecule has 1 amide bonds. The molecule has 0 aliphatic carbocycles. The van der Waals surface area contributed by atoms with Crippen LogP contribution in [0.5, 0.6) is 17.2 Å². The van der Waals surface area contributed by atoms with Gasteiger partial charge in [0.15, 0.2) is 11.5 Å². The number of phenolic OH excluding ortho intramolecular Hbond substituents is 1. The van der Waals surface area contributed by atoms with Crippen molar-refractivity contribution in [2.24, 2.45) is 0 Å². The van der Waals surface area contributed by atoms with Gasteiger partial charge in [0, 0.05) is 18.0 Å². The molecule has 0 fully saturated rings. The number of hydrogen-bond donors (Lipinski definition) is 2. The Bertz CT molecular complexity index is 1090. The van der Waals surface area contributed by atoms with Crippen molar-refractivity contribution in [3.05, 3.63) is 60.0 Å². The zero-order valence-electron chi connectivity index (χ0n) is 15.6. The van der Waals surface area contributed by atoms with Crippen molar-refractivity contribution in [2.45, 2.75) is 18.7 Å². The molecule has 0 saturated carbocycles. The van der Waals surface area contributed by atoms with Gasteiger partial charge in [-0.15, -0.1) is 13.2 Å². The third-order valence-electron chi connectivity index (χ3n) is 4.73. The summed E-state index contributed by atoms with van der Waals surface area (Å²) < 4.78 is 47.6. The molecule has 10 heteroatoms. The van der Waals surface area contributed by atoms with Crippen molar-refractivity contribution in [3.63, 3.8) is 0 Å². The first-order valence-corrected chi connectivity index (χ1v) is 8.85. The highest BCUT2D eigenvalue weighted by atomic mass is 19.4. The zero-order valence-corrected chi connectivity index (χ0v) is 15.6. The average Bonchev–Trinajstić information content (AvgIpc) is 3.10. The Morgan fingerprint density at radius 2 is 1.93 bits per heavy atom. The number of ether oxygens (including phenoxy) is 2. The number of nitrogens with one attached hydrogen (secondary N) is 1. The van der Waals surface area contributed by atoms with Gasteiger partial charge in [0.1, 0.15) is 17.9 Å². The molecule has 7 nitrogen and oxygen atoms in total. The molecule has 2 N–H and O–H groups in total. The number of halogens is 3. The number of nitrogens with zero attached hydrogens (tertiary/aromatic N) is 2. The van der Waals surface area contributed by atoms with Crippen LogP contribution in [0.4, 0.5) is 19.0 Å². The number of fused-ring (bicyclic) bond motifs is 1. The van der Waals surface area contributed by atoms with Crippen LogP contribution in [0.15, 0.2) is 48.8 Å². The van der Waals surface area contributed by atoms with Gasteiger partial charge in [0.05, 0.1) is 12.8 Å². The van der Waals surface area contributed by atoms with Crippen LogP contribution in [0.2, 0.25) is 0 Å². The van der Waals surface area contributed by atoms with E-state index >= 15 is 0 Å². The maximum absolute atomic E-state index is 12.4. The largest absolute Gasteiger partial charge is 0.573 e. The minimum absolute atomic E-state index is 0.0535. The van der Waals surface area contributed by atoms with E-state index in [1.807, 2.05) is 0 Å². The minimum Gasteiger partial charge on any atom is -0.504 e. The number of aromatic hydroxyl groups is 1. The molecule has 156 valence electrons. The predicted molar refractivity (Wildman–Crippen MR) is 100.0 cm³/mol. The summed E-state index contributed by atoms with van der Waals surface area (Å²) in [6, 6.07) is 10.1. The first-order valence-electron chi connectivity index (χ1n) is 8.85. The van der Waals surface area contributed by atoms with Gasteiger partial charge in [-0.2, -0.15) is 0 Å². The number of alkyl halides is 3. The Morgan fingerprint density at radius 1 is 1.20 bits per heavy atom. The Labute approximate surface area is 168 Å².